The number of methoxy groups -OCH3 is 1. The van der Waals surface area contributed by atoms with Crippen LogP contribution in [0.2, 0.25) is 0 Å². The molecule has 1 amide bonds. The van der Waals surface area contributed by atoms with E-state index in [9.17, 15) is 9.59 Å². The average Bonchev–Trinajstić information content (AvgIpc) is 3.06. The Morgan fingerprint density at radius 2 is 1.88 bits per heavy atom. The predicted molar refractivity (Wildman–Crippen MR) is 94.8 cm³/mol. The standard InChI is InChI=1S/C18H26N4O3/c1-13-14(18(24)25-3)6-7-16(19-13)21-9-11-22(12-10-21)17(23)15-5-4-8-20(15)2/h6-7,15H,4-5,8-12H2,1-3H3. The molecule has 0 bridgehead atoms. The first-order valence-corrected chi connectivity index (χ1v) is 8.81. The Balaban J connectivity index is 1.61. The van der Waals surface area contributed by atoms with Gasteiger partial charge in [-0.05, 0) is 45.5 Å². The molecule has 0 radical (unpaired) electrons. The minimum Gasteiger partial charge on any atom is -0.465 e. The molecule has 0 aliphatic carbocycles. The second-order valence-corrected chi connectivity index (χ2v) is 6.74. The van der Waals surface area contributed by atoms with Gasteiger partial charge in [0.1, 0.15) is 5.82 Å². The van der Waals surface area contributed by atoms with Crippen molar-refractivity contribution in [1.29, 1.82) is 0 Å². The van der Waals surface area contributed by atoms with Crippen molar-refractivity contribution in [1.82, 2.24) is 14.8 Å². The second kappa shape index (κ2) is 7.39. The fourth-order valence-corrected chi connectivity index (χ4v) is 3.64. The van der Waals surface area contributed by atoms with Gasteiger partial charge in [-0.25, -0.2) is 9.78 Å². The van der Waals surface area contributed by atoms with Gasteiger partial charge >= 0.3 is 5.97 Å². The number of pyridine rings is 1. The lowest BCUT2D eigenvalue weighted by Crippen LogP contribution is -2.53. The molecule has 2 fully saturated rings. The van der Waals surface area contributed by atoms with E-state index >= 15 is 0 Å². The third kappa shape index (κ3) is 3.61. The molecule has 25 heavy (non-hydrogen) atoms. The van der Waals surface area contributed by atoms with Crippen LogP contribution in [-0.2, 0) is 9.53 Å². The SMILES string of the molecule is COC(=O)c1ccc(N2CCN(C(=O)C3CCCN3C)CC2)nc1C. The number of likely N-dealkylation sites (tertiary alicyclic amines) is 1. The molecule has 1 unspecified atom stereocenters. The number of esters is 1. The molecule has 2 aliphatic heterocycles. The fourth-order valence-electron chi connectivity index (χ4n) is 3.64. The van der Waals surface area contributed by atoms with Gasteiger partial charge in [0.15, 0.2) is 0 Å². The quantitative estimate of drug-likeness (QED) is 0.759. The lowest BCUT2D eigenvalue weighted by Gasteiger charge is -2.37. The minimum absolute atomic E-state index is 0.0475. The monoisotopic (exact) mass is 346 g/mol. The molecule has 1 atom stereocenters. The number of ether oxygens (including phenoxy) is 1. The maximum atomic E-state index is 12.7. The molecular formula is C18H26N4O3. The molecule has 0 N–H and O–H groups in total. The van der Waals surface area contributed by atoms with E-state index in [4.69, 9.17) is 4.74 Å². The maximum absolute atomic E-state index is 12.7. The number of piperazine rings is 1. The normalized spacial score (nSPS) is 21.5. The van der Waals surface area contributed by atoms with Crippen LogP contribution >= 0.6 is 0 Å². The van der Waals surface area contributed by atoms with E-state index in [1.165, 1.54) is 7.11 Å². The van der Waals surface area contributed by atoms with Crippen LogP contribution in [0.4, 0.5) is 5.82 Å². The second-order valence-electron chi connectivity index (χ2n) is 6.74. The van der Waals surface area contributed by atoms with Crippen molar-refractivity contribution in [2.75, 3.05) is 51.8 Å². The molecule has 136 valence electrons. The molecule has 0 saturated carbocycles. The Bertz CT molecular complexity index is 656. The largest absolute Gasteiger partial charge is 0.465 e. The maximum Gasteiger partial charge on any atom is 0.339 e. The molecule has 2 aliphatic rings. The van der Waals surface area contributed by atoms with E-state index in [1.807, 2.05) is 24.9 Å². The van der Waals surface area contributed by atoms with Crippen molar-refractivity contribution in [2.24, 2.45) is 0 Å². The molecule has 1 aromatic heterocycles. The van der Waals surface area contributed by atoms with Gasteiger partial charge in [-0.15, -0.1) is 0 Å². The van der Waals surface area contributed by atoms with Crippen LogP contribution in [0.15, 0.2) is 12.1 Å². The van der Waals surface area contributed by atoms with Crippen LogP contribution in [-0.4, -0.2) is 79.6 Å². The van der Waals surface area contributed by atoms with Crippen molar-refractivity contribution >= 4 is 17.7 Å². The minimum atomic E-state index is -0.368. The van der Waals surface area contributed by atoms with Gasteiger partial charge < -0.3 is 14.5 Å². The third-order valence-corrected chi connectivity index (χ3v) is 5.20. The Labute approximate surface area is 148 Å². The van der Waals surface area contributed by atoms with Crippen molar-refractivity contribution in [3.05, 3.63) is 23.4 Å². The number of amides is 1. The predicted octanol–water partition coefficient (Wildman–Crippen LogP) is 0.919. The van der Waals surface area contributed by atoms with Gasteiger partial charge in [-0.3, -0.25) is 9.69 Å². The van der Waals surface area contributed by atoms with E-state index < -0.39 is 0 Å². The number of aryl methyl sites for hydroxylation is 1. The summed E-state index contributed by atoms with van der Waals surface area (Å²) in [6, 6.07) is 3.65. The molecule has 3 rings (SSSR count). The molecule has 3 heterocycles. The summed E-state index contributed by atoms with van der Waals surface area (Å²) in [5, 5.41) is 0. The molecule has 2 saturated heterocycles. The van der Waals surface area contributed by atoms with E-state index in [1.54, 1.807) is 6.07 Å². The molecule has 0 spiro atoms. The summed E-state index contributed by atoms with van der Waals surface area (Å²) >= 11 is 0. The van der Waals surface area contributed by atoms with Crippen LogP contribution in [0.5, 0.6) is 0 Å². The zero-order valence-electron chi connectivity index (χ0n) is 15.2. The van der Waals surface area contributed by atoms with Crippen LogP contribution < -0.4 is 4.90 Å². The van der Waals surface area contributed by atoms with Gasteiger partial charge in [0.05, 0.1) is 24.4 Å². The summed E-state index contributed by atoms with van der Waals surface area (Å²) in [5.74, 6) is 0.729. The lowest BCUT2D eigenvalue weighted by atomic mass is 10.1. The zero-order valence-corrected chi connectivity index (χ0v) is 15.2. The Kier molecular flexibility index (Phi) is 5.22. The first-order valence-electron chi connectivity index (χ1n) is 8.81. The van der Waals surface area contributed by atoms with Crippen molar-refractivity contribution in [2.45, 2.75) is 25.8 Å². The summed E-state index contributed by atoms with van der Waals surface area (Å²) in [6.45, 7) is 5.75. The number of likely N-dealkylation sites (N-methyl/N-ethyl adjacent to an activating group) is 1. The van der Waals surface area contributed by atoms with Crippen LogP contribution in [0, 0.1) is 6.92 Å². The number of rotatable bonds is 3. The van der Waals surface area contributed by atoms with Gasteiger partial charge in [0.25, 0.3) is 0 Å². The van der Waals surface area contributed by atoms with E-state index in [0.29, 0.717) is 24.3 Å². The lowest BCUT2D eigenvalue weighted by molar-refractivity contribution is -0.135. The number of carbonyl (C=O) groups excluding carboxylic acids is 2. The Hall–Kier alpha value is -2.15. The first kappa shape index (κ1) is 17.7. The highest BCUT2D eigenvalue weighted by atomic mass is 16.5. The Morgan fingerprint density at radius 1 is 1.16 bits per heavy atom. The fraction of sp³-hybridized carbons (Fsp3) is 0.611. The number of hydrogen-bond donors (Lipinski definition) is 0. The topological polar surface area (TPSA) is 66.0 Å². The van der Waals surface area contributed by atoms with E-state index in [-0.39, 0.29) is 17.9 Å². The number of anilines is 1. The smallest absolute Gasteiger partial charge is 0.339 e. The van der Waals surface area contributed by atoms with Gasteiger partial charge in [0.2, 0.25) is 5.91 Å². The summed E-state index contributed by atoms with van der Waals surface area (Å²) in [7, 11) is 3.40. The van der Waals surface area contributed by atoms with Gasteiger partial charge in [0, 0.05) is 26.2 Å². The number of carbonyl (C=O) groups is 2. The van der Waals surface area contributed by atoms with Crippen molar-refractivity contribution in [3.8, 4) is 0 Å². The van der Waals surface area contributed by atoms with Crippen LogP contribution in [0.25, 0.3) is 0 Å². The summed E-state index contributed by atoms with van der Waals surface area (Å²) in [6.07, 6.45) is 2.06. The van der Waals surface area contributed by atoms with Crippen molar-refractivity contribution < 1.29 is 14.3 Å². The third-order valence-electron chi connectivity index (χ3n) is 5.20. The number of aromatic nitrogens is 1. The molecule has 7 nitrogen and oxygen atoms in total. The molecule has 7 heteroatoms. The molecule has 0 aromatic carbocycles. The van der Waals surface area contributed by atoms with E-state index in [0.717, 1.165) is 38.3 Å². The summed E-state index contributed by atoms with van der Waals surface area (Å²) < 4.78 is 4.76. The Morgan fingerprint density at radius 3 is 2.44 bits per heavy atom. The molecular weight excluding hydrogens is 320 g/mol. The van der Waals surface area contributed by atoms with Crippen LogP contribution in [0.3, 0.4) is 0 Å². The average molecular weight is 346 g/mol. The number of hydrogen-bond acceptors (Lipinski definition) is 6. The highest BCUT2D eigenvalue weighted by molar-refractivity contribution is 5.90. The van der Waals surface area contributed by atoms with Gasteiger partial charge in [-0.1, -0.05) is 0 Å². The first-order chi connectivity index (χ1) is 12.0. The van der Waals surface area contributed by atoms with Crippen LogP contribution in [0.1, 0.15) is 28.9 Å². The van der Waals surface area contributed by atoms with E-state index in [2.05, 4.69) is 14.8 Å². The zero-order chi connectivity index (χ0) is 18.0. The number of nitrogens with zero attached hydrogens (tertiary/aromatic N) is 4. The summed E-state index contributed by atoms with van der Waals surface area (Å²) in [4.78, 5) is 35.2. The highest BCUT2D eigenvalue weighted by Gasteiger charge is 2.33. The van der Waals surface area contributed by atoms with Crippen molar-refractivity contribution in [3.63, 3.8) is 0 Å². The summed E-state index contributed by atoms with van der Waals surface area (Å²) in [5.41, 5.74) is 1.15. The highest BCUT2D eigenvalue weighted by Crippen LogP contribution is 2.20. The van der Waals surface area contributed by atoms with Gasteiger partial charge in [-0.2, -0.15) is 0 Å². The molecule has 1 aromatic rings.